The van der Waals surface area contributed by atoms with Crippen LogP contribution in [0.1, 0.15) is 6.92 Å². The van der Waals surface area contributed by atoms with Crippen LogP contribution in [0.4, 0.5) is 0 Å². The molecule has 0 aliphatic rings. The lowest BCUT2D eigenvalue weighted by Crippen LogP contribution is -2.12. The van der Waals surface area contributed by atoms with Crippen molar-refractivity contribution in [2.45, 2.75) is 19.5 Å². The highest BCUT2D eigenvalue weighted by molar-refractivity contribution is 5.81. The Morgan fingerprint density at radius 1 is 1.06 bits per heavy atom. The Kier molecular flexibility index (Phi) is 10.9. The van der Waals surface area contributed by atoms with E-state index in [1.807, 2.05) is 0 Å². The molecular formula is C11H16O6. The fourth-order valence-electron chi connectivity index (χ4n) is 0.431. The van der Waals surface area contributed by atoms with Gasteiger partial charge < -0.3 is 19.7 Å². The molecule has 0 saturated heterocycles. The Morgan fingerprint density at radius 3 is 1.71 bits per heavy atom. The molecule has 0 amide bonds. The zero-order chi connectivity index (χ0) is 13.8. The van der Waals surface area contributed by atoms with Crippen molar-refractivity contribution >= 4 is 11.9 Å². The van der Waals surface area contributed by atoms with Gasteiger partial charge in [-0.05, 0) is 13.0 Å². The number of esters is 2. The molecule has 0 aliphatic carbocycles. The lowest BCUT2D eigenvalue weighted by Gasteiger charge is -2.02. The molecule has 0 aromatic rings. The smallest absolute Gasteiger partial charge is 0.332 e. The van der Waals surface area contributed by atoms with E-state index in [-0.39, 0.29) is 0 Å². The number of rotatable bonds is 5. The molecule has 96 valence electrons. The second-order valence-corrected chi connectivity index (χ2v) is 2.51. The summed E-state index contributed by atoms with van der Waals surface area (Å²) in [6.45, 7) is 10.8. The number of carbonyl (C=O) groups is 2. The standard InChI is InChI=1S/C6H8O3.C5H8O3/c1-3-5(7)9-6(8)4-2;1-3-5(7)8-4(2)6/h3-5,7H,1-2H2;3-4,6H,1H2,2H3. The number of aliphatic hydroxyl groups excluding tert-OH is 2. The van der Waals surface area contributed by atoms with E-state index in [0.29, 0.717) is 0 Å². The van der Waals surface area contributed by atoms with E-state index in [1.165, 1.54) is 6.92 Å². The van der Waals surface area contributed by atoms with E-state index >= 15 is 0 Å². The van der Waals surface area contributed by atoms with E-state index < -0.39 is 24.5 Å². The van der Waals surface area contributed by atoms with Crippen LogP contribution in [0, 0.1) is 0 Å². The van der Waals surface area contributed by atoms with Gasteiger partial charge in [-0.1, -0.05) is 19.7 Å². The quantitative estimate of drug-likeness (QED) is 0.312. The molecule has 2 N–H and O–H groups in total. The third-order valence-corrected chi connectivity index (χ3v) is 1.06. The molecule has 2 unspecified atom stereocenters. The first-order chi connectivity index (χ1) is 7.87. The summed E-state index contributed by atoms with van der Waals surface area (Å²) in [5.74, 6) is -1.28. The maximum atomic E-state index is 10.2. The highest BCUT2D eigenvalue weighted by Gasteiger charge is 2.00. The summed E-state index contributed by atoms with van der Waals surface area (Å²) < 4.78 is 8.43. The molecule has 17 heavy (non-hydrogen) atoms. The maximum absolute atomic E-state index is 10.2. The van der Waals surface area contributed by atoms with Crippen LogP contribution in [0.25, 0.3) is 0 Å². The summed E-state index contributed by atoms with van der Waals surface area (Å²) in [6.07, 6.45) is 0.789. The molecule has 6 heteroatoms. The largest absolute Gasteiger partial charge is 0.433 e. The third kappa shape index (κ3) is 14.1. The minimum atomic E-state index is -1.23. The Hall–Kier alpha value is -1.92. The van der Waals surface area contributed by atoms with Crippen LogP contribution < -0.4 is 0 Å². The first-order valence-electron chi connectivity index (χ1n) is 4.52. The number of ether oxygens (including phenoxy) is 2. The fraction of sp³-hybridized carbons (Fsp3) is 0.273. The van der Waals surface area contributed by atoms with Gasteiger partial charge in [0.05, 0.1) is 0 Å². The van der Waals surface area contributed by atoms with Gasteiger partial charge in [-0.15, -0.1) is 0 Å². The van der Waals surface area contributed by atoms with Crippen LogP contribution in [0.2, 0.25) is 0 Å². The van der Waals surface area contributed by atoms with E-state index in [4.69, 9.17) is 10.2 Å². The molecule has 0 radical (unpaired) electrons. The van der Waals surface area contributed by atoms with Crippen molar-refractivity contribution in [3.8, 4) is 0 Å². The van der Waals surface area contributed by atoms with Gasteiger partial charge in [0.25, 0.3) is 0 Å². The minimum Gasteiger partial charge on any atom is -0.433 e. The van der Waals surface area contributed by atoms with Crippen molar-refractivity contribution in [1.82, 2.24) is 0 Å². The lowest BCUT2D eigenvalue weighted by molar-refractivity contribution is -0.158. The Bertz CT molecular complexity index is 282. The van der Waals surface area contributed by atoms with Crippen molar-refractivity contribution in [1.29, 1.82) is 0 Å². The zero-order valence-electron chi connectivity index (χ0n) is 9.54. The molecule has 6 nitrogen and oxygen atoms in total. The number of carbonyl (C=O) groups excluding carboxylic acids is 2. The van der Waals surface area contributed by atoms with Crippen LogP contribution in [-0.4, -0.2) is 34.7 Å². The predicted molar refractivity (Wildman–Crippen MR) is 60.5 cm³/mol. The SMILES string of the molecule is C=CC(=O)OC(C)O.C=CC(=O)OC(O)C=C. The van der Waals surface area contributed by atoms with E-state index in [1.54, 1.807) is 0 Å². The Balaban J connectivity index is 0. The monoisotopic (exact) mass is 244 g/mol. The van der Waals surface area contributed by atoms with Gasteiger partial charge in [0.1, 0.15) is 0 Å². The normalized spacial score (nSPS) is 11.9. The maximum Gasteiger partial charge on any atom is 0.332 e. The van der Waals surface area contributed by atoms with Gasteiger partial charge in [0.15, 0.2) is 6.29 Å². The molecule has 0 heterocycles. The molecule has 0 spiro atoms. The Morgan fingerprint density at radius 2 is 1.47 bits per heavy atom. The first-order valence-corrected chi connectivity index (χ1v) is 4.52. The van der Waals surface area contributed by atoms with Crippen LogP contribution in [0.3, 0.4) is 0 Å². The molecule has 0 saturated carbocycles. The van der Waals surface area contributed by atoms with E-state index in [9.17, 15) is 9.59 Å². The predicted octanol–water partition coefficient (Wildman–Crippen LogP) is 0.274. The van der Waals surface area contributed by atoms with E-state index in [0.717, 1.165) is 18.2 Å². The van der Waals surface area contributed by atoms with E-state index in [2.05, 4.69) is 29.2 Å². The summed E-state index contributed by atoms with van der Waals surface area (Å²) in [4.78, 5) is 20.4. The van der Waals surface area contributed by atoms with Crippen molar-refractivity contribution in [2.24, 2.45) is 0 Å². The molecule has 0 rings (SSSR count). The summed E-state index contributed by atoms with van der Waals surface area (Å²) in [6, 6.07) is 0. The highest BCUT2D eigenvalue weighted by Crippen LogP contribution is 1.87. The van der Waals surface area contributed by atoms with Crippen molar-refractivity contribution in [2.75, 3.05) is 0 Å². The van der Waals surface area contributed by atoms with Gasteiger partial charge in [-0.2, -0.15) is 0 Å². The van der Waals surface area contributed by atoms with Crippen LogP contribution in [-0.2, 0) is 19.1 Å². The molecule has 2 atom stereocenters. The molecular weight excluding hydrogens is 228 g/mol. The number of hydrogen-bond donors (Lipinski definition) is 2. The van der Waals surface area contributed by atoms with Gasteiger partial charge >= 0.3 is 11.9 Å². The molecule has 0 aromatic heterocycles. The summed E-state index contributed by atoms with van der Waals surface area (Å²) >= 11 is 0. The molecule has 0 fully saturated rings. The van der Waals surface area contributed by atoms with Crippen molar-refractivity contribution in [3.05, 3.63) is 38.0 Å². The van der Waals surface area contributed by atoms with Crippen molar-refractivity contribution < 1.29 is 29.3 Å². The van der Waals surface area contributed by atoms with Crippen LogP contribution in [0.5, 0.6) is 0 Å². The van der Waals surface area contributed by atoms with Crippen LogP contribution >= 0.6 is 0 Å². The average Bonchev–Trinajstić information content (AvgIpc) is 2.28. The van der Waals surface area contributed by atoms with Gasteiger partial charge in [-0.25, -0.2) is 9.59 Å². The third-order valence-electron chi connectivity index (χ3n) is 1.06. The summed E-state index contributed by atoms with van der Waals surface area (Å²) in [7, 11) is 0. The van der Waals surface area contributed by atoms with Crippen LogP contribution in [0.15, 0.2) is 38.0 Å². The molecule has 0 bridgehead atoms. The van der Waals surface area contributed by atoms with Crippen molar-refractivity contribution in [3.63, 3.8) is 0 Å². The molecule has 0 aromatic carbocycles. The van der Waals surface area contributed by atoms with Gasteiger partial charge in [-0.3, -0.25) is 0 Å². The van der Waals surface area contributed by atoms with Gasteiger partial charge in [0.2, 0.25) is 6.29 Å². The average molecular weight is 244 g/mol. The topological polar surface area (TPSA) is 93.1 Å². The summed E-state index contributed by atoms with van der Waals surface area (Å²) in [5.41, 5.74) is 0. The second kappa shape index (κ2) is 10.6. The zero-order valence-corrected chi connectivity index (χ0v) is 9.54. The summed E-state index contributed by atoms with van der Waals surface area (Å²) in [5, 5.41) is 16.9. The number of hydrogen-bond acceptors (Lipinski definition) is 6. The van der Waals surface area contributed by atoms with Gasteiger partial charge in [0, 0.05) is 12.2 Å². The second-order valence-electron chi connectivity index (χ2n) is 2.51. The molecule has 0 aliphatic heterocycles. The lowest BCUT2D eigenvalue weighted by atomic mass is 10.6. The highest BCUT2D eigenvalue weighted by atomic mass is 16.6. The first kappa shape index (κ1) is 17.5. The fourth-order valence-corrected chi connectivity index (χ4v) is 0.431. The number of aliphatic hydroxyl groups is 2. The minimum absolute atomic E-state index is 0.611. The Labute approximate surface area is 99.5 Å².